The van der Waals surface area contributed by atoms with E-state index in [1.807, 2.05) is 36.0 Å². The molecule has 0 unspecified atom stereocenters. The second kappa shape index (κ2) is 9.18. The largest absolute Gasteiger partial charge is 0.356 e. The first-order valence-electron chi connectivity index (χ1n) is 10.6. The number of rotatable bonds is 7. The summed E-state index contributed by atoms with van der Waals surface area (Å²) in [6, 6.07) is 12.9. The smallest absolute Gasteiger partial charge is 0.132 e. The highest BCUT2D eigenvalue weighted by molar-refractivity contribution is 5.40. The van der Waals surface area contributed by atoms with E-state index >= 15 is 0 Å². The molecule has 0 bridgehead atoms. The summed E-state index contributed by atoms with van der Waals surface area (Å²) in [7, 11) is 0. The lowest BCUT2D eigenvalue weighted by Gasteiger charge is -2.33. The summed E-state index contributed by atoms with van der Waals surface area (Å²) in [6.45, 7) is 7.10. The van der Waals surface area contributed by atoms with Gasteiger partial charge in [-0.1, -0.05) is 31.5 Å². The summed E-state index contributed by atoms with van der Waals surface area (Å²) in [6.07, 6.45) is 8.44. The Balaban J connectivity index is 1.29. The van der Waals surface area contributed by atoms with E-state index in [9.17, 15) is 0 Å². The van der Waals surface area contributed by atoms with Gasteiger partial charge in [0, 0.05) is 49.2 Å². The van der Waals surface area contributed by atoms with Crippen molar-refractivity contribution in [2.45, 2.75) is 52.1 Å². The van der Waals surface area contributed by atoms with Gasteiger partial charge in [-0.2, -0.15) is 5.10 Å². The first-order valence-corrected chi connectivity index (χ1v) is 10.6. The molecule has 3 heterocycles. The second-order valence-electron chi connectivity index (χ2n) is 7.79. The number of piperidine rings is 1. The number of hydrogen-bond acceptors (Lipinski definition) is 5. The Bertz CT molecular complexity index is 912. The van der Waals surface area contributed by atoms with Crippen molar-refractivity contribution in [3.8, 4) is 5.69 Å². The molecule has 6 heteroatoms. The Morgan fingerprint density at radius 2 is 1.90 bits per heavy atom. The van der Waals surface area contributed by atoms with Crippen molar-refractivity contribution in [2.75, 3.05) is 18.0 Å². The monoisotopic (exact) mass is 390 g/mol. The maximum atomic E-state index is 4.67. The molecule has 1 aromatic carbocycles. The molecule has 2 aromatic heterocycles. The SMILES string of the molecule is CCCc1cc(N2CCC(NCc3cnn(-c4ccccc4)c3)CC2)nc(C)n1. The van der Waals surface area contributed by atoms with Crippen LogP contribution in [0.5, 0.6) is 0 Å². The average molecular weight is 391 g/mol. The lowest BCUT2D eigenvalue weighted by molar-refractivity contribution is 0.412. The van der Waals surface area contributed by atoms with E-state index in [4.69, 9.17) is 0 Å². The molecule has 1 saturated heterocycles. The van der Waals surface area contributed by atoms with Gasteiger partial charge in [0.25, 0.3) is 0 Å². The lowest BCUT2D eigenvalue weighted by Crippen LogP contribution is -2.42. The van der Waals surface area contributed by atoms with E-state index < -0.39 is 0 Å². The fourth-order valence-electron chi connectivity index (χ4n) is 3.91. The van der Waals surface area contributed by atoms with Gasteiger partial charge in [-0.3, -0.25) is 0 Å². The van der Waals surface area contributed by atoms with Crippen molar-refractivity contribution >= 4 is 5.82 Å². The first kappa shape index (κ1) is 19.6. The fourth-order valence-corrected chi connectivity index (χ4v) is 3.91. The van der Waals surface area contributed by atoms with E-state index in [1.165, 1.54) is 5.56 Å². The van der Waals surface area contributed by atoms with Crippen molar-refractivity contribution in [3.05, 3.63) is 65.9 Å². The highest BCUT2D eigenvalue weighted by Gasteiger charge is 2.20. The number of hydrogen-bond donors (Lipinski definition) is 1. The quantitative estimate of drug-likeness (QED) is 0.667. The normalized spacial score (nSPS) is 15.0. The van der Waals surface area contributed by atoms with Gasteiger partial charge in [-0.25, -0.2) is 14.6 Å². The molecule has 0 saturated carbocycles. The van der Waals surface area contributed by atoms with Crippen LogP contribution < -0.4 is 10.2 Å². The van der Waals surface area contributed by atoms with Crippen LogP contribution in [-0.2, 0) is 13.0 Å². The van der Waals surface area contributed by atoms with E-state index in [1.54, 1.807) is 0 Å². The van der Waals surface area contributed by atoms with Crippen molar-refractivity contribution in [3.63, 3.8) is 0 Å². The molecule has 1 fully saturated rings. The number of nitrogens with one attached hydrogen (secondary N) is 1. The van der Waals surface area contributed by atoms with Gasteiger partial charge in [0.2, 0.25) is 0 Å². The molecule has 0 atom stereocenters. The molecule has 152 valence electrons. The number of aryl methyl sites for hydroxylation is 2. The fraction of sp³-hybridized carbons (Fsp3) is 0.435. The molecule has 0 radical (unpaired) electrons. The maximum absolute atomic E-state index is 4.67. The summed E-state index contributed by atoms with van der Waals surface area (Å²) in [5.74, 6) is 1.96. The van der Waals surface area contributed by atoms with Crippen LogP contribution in [0.4, 0.5) is 5.82 Å². The maximum Gasteiger partial charge on any atom is 0.132 e. The molecule has 29 heavy (non-hydrogen) atoms. The van der Waals surface area contributed by atoms with Crippen LogP contribution >= 0.6 is 0 Å². The van der Waals surface area contributed by atoms with Gasteiger partial charge in [-0.15, -0.1) is 0 Å². The minimum Gasteiger partial charge on any atom is -0.356 e. The Morgan fingerprint density at radius 1 is 1.10 bits per heavy atom. The molecule has 0 spiro atoms. The number of benzene rings is 1. The molecular weight excluding hydrogens is 360 g/mol. The van der Waals surface area contributed by atoms with Crippen LogP contribution in [0.3, 0.4) is 0 Å². The highest BCUT2D eigenvalue weighted by atomic mass is 15.3. The zero-order valence-corrected chi connectivity index (χ0v) is 17.4. The van der Waals surface area contributed by atoms with Crippen LogP contribution in [-0.4, -0.2) is 38.9 Å². The van der Waals surface area contributed by atoms with Crippen LogP contribution in [0.15, 0.2) is 48.8 Å². The number of anilines is 1. The summed E-state index contributed by atoms with van der Waals surface area (Å²) in [4.78, 5) is 11.6. The van der Waals surface area contributed by atoms with Crippen LogP contribution in [0.25, 0.3) is 5.69 Å². The van der Waals surface area contributed by atoms with Gasteiger partial charge >= 0.3 is 0 Å². The predicted octanol–water partition coefficient (Wildman–Crippen LogP) is 3.68. The predicted molar refractivity (Wildman–Crippen MR) is 116 cm³/mol. The lowest BCUT2D eigenvalue weighted by atomic mass is 10.0. The van der Waals surface area contributed by atoms with E-state index in [0.29, 0.717) is 6.04 Å². The molecule has 4 rings (SSSR count). The van der Waals surface area contributed by atoms with Crippen LogP contribution in [0.1, 0.15) is 43.3 Å². The second-order valence-corrected chi connectivity index (χ2v) is 7.79. The Morgan fingerprint density at radius 3 is 2.66 bits per heavy atom. The van der Waals surface area contributed by atoms with E-state index in [2.05, 4.69) is 56.6 Å². The third-order valence-corrected chi connectivity index (χ3v) is 5.45. The van der Waals surface area contributed by atoms with Crippen molar-refractivity contribution in [1.29, 1.82) is 0 Å². The van der Waals surface area contributed by atoms with Crippen molar-refractivity contribution in [1.82, 2.24) is 25.1 Å². The van der Waals surface area contributed by atoms with Crippen molar-refractivity contribution < 1.29 is 0 Å². The first-order chi connectivity index (χ1) is 14.2. The minimum absolute atomic E-state index is 0.532. The zero-order valence-electron chi connectivity index (χ0n) is 17.4. The number of nitrogens with zero attached hydrogens (tertiary/aromatic N) is 5. The topological polar surface area (TPSA) is 58.9 Å². The van der Waals surface area contributed by atoms with Gasteiger partial charge in [0.1, 0.15) is 11.6 Å². The molecule has 6 nitrogen and oxygen atoms in total. The zero-order chi connectivity index (χ0) is 20.1. The van der Waals surface area contributed by atoms with Gasteiger partial charge < -0.3 is 10.2 Å². The highest BCUT2D eigenvalue weighted by Crippen LogP contribution is 2.20. The van der Waals surface area contributed by atoms with Crippen LogP contribution in [0, 0.1) is 6.92 Å². The molecule has 0 amide bonds. The van der Waals surface area contributed by atoms with Gasteiger partial charge in [0.05, 0.1) is 11.9 Å². The molecule has 3 aromatic rings. The van der Waals surface area contributed by atoms with E-state index in [-0.39, 0.29) is 0 Å². The molecule has 1 aliphatic heterocycles. The van der Waals surface area contributed by atoms with Gasteiger partial charge in [0.15, 0.2) is 0 Å². The Kier molecular flexibility index (Phi) is 6.20. The number of aromatic nitrogens is 4. The molecule has 1 aliphatic rings. The van der Waals surface area contributed by atoms with Gasteiger partial charge in [-0.05, 0) is 38.3 Å². The molecular formula is C23H30N6. The Hall–Kier alpha value is -2.73. The standard InChI is InChI=1S/C23H30N6/c1-3-7-21-14-23(27-18(2)26-21)28-12-10-20(11-13-28)24-15-19-16-25-29(17-19)22-8-5-4-6-9-22/h4-6,8-9,14,16-17,20,24H,3,7,10-13,15H2,1-2H3. The minimum atomic E-state index is 0.532. The summed E-state index contributed by atoms with van der Waals surface area (Å²) in [5, 5.41) is 8.19. The summed E-state index contributed by atoms with van der Waals surface area (Å²) < 4.78 is 1.94. The average Bonchev–Trinajstić information content (AvgIpc) is 3.22. The Labute approximate surface area is 173 Å². The van der Waals surface area contributed by atoms with E-state index in [0.717, 1.165) is 68.3 Å². The van der Waals surface area contributed by atoms with Crippen molar-refractivity contribution in [2.24, 2.45) is 0 Å². The third-order valence-electron chi connectivity index (χ3n) is 5.45. The molecule has 1 N–H and O–H groups in total. The van der Waals surface area contributed by atoms with Crippen LogP contribution in [0.2, 0.25) is 0 Å². The summed E-state index contributed by atoms with van der Waals surface area (Å²) >= 11 is 0. The molecule has 0 aliphatic carbocycles. The number of para-hydroxylation sites is 1. The third kappa shape index (κ3) is 5.01. The summed E-state index contributed by atoms with van der Waals surface area (Å²) in [5.41, 5.74) is 3.47.